The Morgan fingerprint density at radius 1 is 1.24 bits per heavy atom. The van der Waals surface area contributed by atoms with Crippen molar-refractivity contribution in [3.63, 3.8) is 0 Å². The molecule has 0 radical (unpaired) electrons. The number of aromatic nitrogens is 1. The molecule has 0 bridgehead atoms. The Balaban J connectivity index is 1.70. The molecule has 1 heterocycles. The van der Waals surface area contributed by atoms with Crippen LogP contribution < -0.4 is 5.32 Å². The fraction of sp³-hybridized carbons (Fsp3) is 0.500. The van der Waals surface area contributed by atoms with E-state index in [-0.39, 0.29) is 12.1 Å². The van der Waals surface area contributed by atoms with Crippen molar-refractivity contribution in [1.82, 2.24) is 10.3 Å². The zero-order valence-corrected chi connectivity index (χ0v) is 12.7. The Labute approximate surface area is 126 Å². The first-order valence-electron chi connectivity index (χ1n) is 7.89. The summed E-state index contributed by atoms with van der Waals surface area (Å²) in [5.41, 5.74) is 1.18. The number of nitrogens with zero attached hydrogens (tertiary/aromatic N) is 1. The van der Waals surface area contributed by atoms with Crippen LogP contribution in [-0.4, -0.2) is 22.2 Å². The van der Waals surface area contributed by atoms with Gasteiger partial charge in [0.1, 0.15) is 0 Å². The SMILES string of the molecule is CC1CCC(CO)(NCc2ccc3cnccc3c2)CC1. The van der Waals surface area contributed by atoms with Crippen LogP contribution in [0.3, 0.4) is 0 Å². The fourth-order valence-corrected chi connectivity index (χ4v) is 3.24. The van der Waals surface area contributed by atoms with E-state index >= 15 is 0 Å². The molecule has 0 spiro atoms. The van der Waals surface area contributed by atoms with Crippen LogP contribution in [0.4, 0.5) is 0 Å². The van der Waals surface area contributed by atoms with Gasteiger partial charge in [-0.2, -0.15) is 0 Å². The standard InChI is InChI=1S/C18H24N2O/c1-14-4-7-18(13-21,8-5-14)20-11-15-2-3-17-12-19-9-6-16(17)10-15/h2-3,6,9-10,12,14,20-21H,4-5,7-8,11,13H2,1H3. The Morgan fingerprint density at radius 2 is 2.05 bits per heavy atom. The van der Waals surface area contributed by atoms with Crippen LogP contribution in [0.1, 0.15) is 38.2 Å². The van der Waals surface area contributed by atoms with Gasteiger partial charge in [-0.1, -0.05) is 19.1 Å². The van der Waals surface area contributed by atoms with E-state index in [0.717, 1.165) is 25.3 Å². The number of aliphatic hydroxyl groups is 1. The van der Waals surface area contributed by atoms with Gasteiger partial charge in [-0.25, -0.2) is 0 Å². The fourth-order valence-electron chi connectivity index (χ4n) is 3.24. The van der Waals surface area contributed by atoms with Crippen molar-refractivity contribution in [2.75, 3.05) is 6.61 Å². The van der Waals surface area contributed by atoms with Crippen LogP contribution in [0.15, 0.2) is 36.7 Å². The quantitative estimate of drug-likeness (QED) is 0.905. The molecule has 0 unspecified atom stereocenters. The molecule has 0 amide bonds. The number of nitrogens with one attached hydrogen (secondary N) is 1. The van der Waals surface area contributed by atoms with Gasteiger partial charge in [0.15, 0.2) is 0 Å². The molecule has 1 aliphatic carbocycles. The zero-order valence-electron chi connectivity index (χ0n) is 12.7. The predicted molar refractivity (Wildman–Crippen MR) is 86.0 cm³/mol. The molecule has 3 heteroatoms. The molecule has 112 valence electrons. The minimum atomic E-state index is -0.0836. The number of hydrogen-bond donors (Lipinski definition) is 2. The van der Waals surface area contributed by atoms with Crippen molar-refractivity contribution in [1.29, 1.82) is 0 Å². The molecule has 1 aliphatic rings. The van der Waals surface area contributed by atoms with Crippen LogP contribution in [0.5, 0.6) is 0 Å². The highest BCUT2D eigenvalue weighted by molar-refractivity contribution is 5.81. The van der Waals surface area contributed by atoms with E-state index in [0.29, 0.717) is 0 Å². The van der Waals surface area contributed by atoms with Crippen LogP contribution in [0, 0.1) is 5.92 Å². The third-order valence-electron chi connectivity index (χ3n) is 4.91. The van der Waals surface area contributed by atoms with Crippen LogP contribution in [0.25, 0.3) is 10.8 Å². The summed E-state index contributed by atoms with van der Waals surface area (Å²) in [5.74, 6) is 0.791. The molecule has 3 rings (SSSR count). The molecular weight excluding hydrogens is 260 g/mol. The lowest BCUT2D eigenvalue weighted by atomic mass is 9.77. The summed E-state index contributed by atoms with van der Waals surface area (Å²) in [7, 11) is 0. The summed E-state index contributed by atoms with van der Waals surface area (Å²) in [5, 5.41) is 15.8. The van der Waals surface area contributed by atoms with E-state index in [1.165, 1.54) is 29.2 Å². The predicted octanol–water partition coefficient (Wildman–Crippen LogP) is 3.27. The Bertz CT molecular complexity index is 603. The highest BCUT2D eigenvalue weighted by atomic mass is 16.3. The first-order chi connectivity index (χ1) is 10.2. The number of benzene rings is 1. The van der Waals surface area contributed by atoms with Gasteiger partial charge < -0.3 is 10.4 Å². The highest BCUT2D eigenvalue weighted by Gasteiger charge is 2.32. The third kappa shape index (κ3) is 3.25. The lowest BCUT2D eigenvalue weighted by Gasteiger charge is -2.39. The van der Waals surface area contributed by atoms with Crippen molar-refractivity contribution in [2.45, 2.75) is 44.7 Å². The molecule has 1 saturated carbocycles. The Kier molecular flexibility index (Phi) is 4.22. The molecule has 2 N–H and O–H groups in total. The topological polar surface area (TPSA) is 45.1 Å². The Morgan fingerprint density at radius 3 is 2.81 bits per heavy atom. The number of aliphatic hydroxyl groups excluding tert-OH is 1. The normalized spacial score (nSPS) is 26.1. The molecule has 0 atom stereocenters. The van der Waals surface area contributed by atoms with Crippen LogP contribution in [-0.2, 0) is 6.54 Å². The molecule has 1 aromatic heterocycles. The molecule has 3 nitrogen and oxygen atoms in total. The molecule has 0 aliphatic heterocycles. The number of fused-ring (bicyclic) bond motifs is 1. The second-order valence-electron chi connectivity index (χ2n) is 6.53. The van der Waals surface area contributed by atoms with E-state index in [2.05, 4.69) is 35.4 Å². The van der Waals surface area contributed by atoms with E-state index in [1.54, 1.807) is 0 Å². The first-order valence-corrected chi connectivity index (χ1v) is 7.89. The van der Waals surface area contributed by atoms with Gasteiger partial charge in [0.2, 0.25) is 0 Å². The van der Waals surface area contributed by atoms with E-state index in [4.69, 9.17) is 0 Å². The molecule has 1 aromatic carbocycles. The van der Waals surface area contributed by atoms with Gasteiger partial charge in [-0.05, 0) is 54.7 Å². The maximum Gasteiger partial charge on any atom is 0.0613 e. The van der Waals surface area contributed by atoms with Crippen molar-refractivity contribution in [3.05, 3.63) is 42.2 Å². The van der Waals surface area contributed by atoms with Crippen molar-refractivity contribution >= 4 is 10.8 Å². The van der Waals surface area contributed by atoms with E-state index < -0.39 is 0 Å². The second kappa shape index (κ2) is 6.12. The van der Waals surface area contributed by atoms with E-state index in [9.17, 15) is 5.11 Å². The zero-order chi connectivity index (χ0) is 14.7. The highest BCUT2D eigenvalue weighted by Crippen LogP contribution is 2.32. The summed E-state index contributed by atoms with van der Waals surface area (Å²) < 4.78 is 0. The number of rotatable bonds is 4. The molecule has 0 saturated heterocycles. The average molecular weight is 284 g/mol. The third-order valence-corrected chi connectivity index (χ3v) is 4.91. The first kappa shape index (κ1) is 14.5. The van der Waals surface area contributed by atoms with Gasteiger partial charge in [0.05, 0.1) is 6.61 Å². The summed E-state index contributed by atoms with van der Waals surface area (Å²) in [6.07, 6.45) is 8.28. The average Bonchev–Trinajstić information content (AvgIpc) is 2.55. The van der Waals surface area contributed by atoms with Gasteiger partial charge >= 0.3 is 0 Å². The molecular formula is C18H24N2O. The van der Waals surface area contributed by atoms with Gasteiger partial charge in [-0.15, -0.1) is 0 Å². The summed E-state index contributed by atoms with van der Waals surface area (Å²) in [6.45, 7) is 3.35. The number of hydrogen-bond acceptors (Lipinski definition) is 3. The van der Waals surface area contributed by atoms with Crippen LogP contribution >= 0.6 is 0 Å². The van der Waals surface area contributed by atoms with Crippen molar-refractivity contribution in [3.8, 4) is 0 Å². The summed E-state index contributed by atoms with van der Waals surface area (Å²) >= 11 is 0. The monoisotopic (exact) mass is 284 g/mol. The van der Waals surface area contributed by atoms with Crippen molar-refractivity contribution < 1.29 is 5.11 Å². The minimum Gasteiger partial charge on any atom is -0.394 e. The lowest BCUT2D eigenvalue weighted by Crippen LogP contribution is -2.50. The van der Waals surface area contributed by atoms with Gasteiger partial charge in [-0.3, -0.25) is 4.98 Å². The van der Waals surface area contributed by atoms with Crippen LogP contribution in [0.2, 0.25) is 0 Å². The molecule has 2 aromatic rings. The molecule has 21 heavy (non-hydrogen) atoms. The summed E-state index contributed by atoms with van der Waals surface area (Å²) in [4.78, 5) is 4.14. The molecule has 1 fully saturated rings. The number of pyridine rings is 1. The van der Waals surface area contributed by atoms with Gasteiger partial charge in [0.25, 0.3) is 0 Å². The second-order valence-corrected chi connectivity index (χ2v) is 6.53. The van der Waals surface area contributed by atoms with Crippen molar-refractivity contribution in [2.24, 2.45) is 5.92 Å². The van der Waals surface area contributed by atoms with E-state index in [1.807, 2.05) is 18.5 Å². The maximum absolute atomic E-state index is 9.81. The largest absolute Gasteiger partial charge is 0.394 e. The lowest BCUT2D eigenvalue weighted by molar-refractivity contribution is 0.104. The smallest absolute Gasteiger partial charge is 0.0613 e. The maximum atomic E-state index is 9.81. The minimum absolute atomic E-state index is 0.0836. The summed E-state index contributed by atoms with van der Waals surface area (Å²) in [6, 6.07) is 8.52. The Hall–Kier alpha value is -1.45. The van der Waals surface area contributed by atoms with Gasteiger partial charge in [0, 0.05) is 29.9 Å².